The first-order chi connectivity index (χ1) is 9.22. The highest BCUT2D eigenvalue weighted by molar-refractivity contribution is 6.30. The van der Waals surface area contributed by atoms with Gasteiger partial charge in [-0.05, 0) is 32.0 Å². The molecule has 0 saturated heterocycles. The maximum atomic E-state index is 6.01. The summed E-state index contributed by atoms with van der Waals surface area (Å²) in [6.45, 7) is 6.23. The van der Waals surface area contributed by atoms with Crippen LogP contribution in [0.25, 0.3) is 0 Å². The SMILES string of the molecule is CCOc1ccc(Cl)cc1NCc1cnn(CC)c1. The molecule has 0 atom stereocenters. The van der Waals surface area contributed by atoms with Crippen molar-refractivity contribution in [2.24, 2.45) is 0 Å². The number of rotatable bonds is 6. The molecule has 1 aromatic heterocycles. The molecule has 0 spiro atoms. The number of nitrogens with zero attached hydrogens (tertiary/aromatic N) is 2. The Morgan fingerprint density at radius 1 is 1.37 bits per heavy atom. The van der Waals surface area contributed by atoms with E-state index in [0.29, 0.717) is 18.2 Å². The van der Waals surface area contributed by atoms with Crippen LogP contribution in [0.1, 0.15) is 19.4 Å². The van der Waals surface area contributed by atoms with Crippen molar-refractivity contribution in [1.29, 1.82) is 0 Å². The van der Waals surface area contributed by atoms with Crippen LogP contribution >= 0.6 is 11.6 Å². The fourth-order valence-corrected chi connectivity index (χ4v) is 1.96. The average Bonchev–Trinajstić information content (AvgIpc) is 2.87. The van der Waals surface area contributed by atoms with Gasteiger partial charge in [0, 0.05) is 29.9 Å². The minimum atomic E-state index is 0.629. The summed E-state index contributed by atoms with van der Waals surface area (Å²) >= 11 is 6.01. The summed E-state index contributed by atoms with van der Waals surface area (Å²) in [5.41, 5.74) is 2.03. The summed E-state index contributed by atoms with van der Waals surface area (Å²) in [4.78, 5) is 0. The van der Waals surface area contributed by atoms with Crippen molar-refractivity contribution < 1.29 is 4.74 Å². The molecule has 102 valence electrons. The number of aromatic nitrogens is 2. The summed E-state index contributed by atoms with van der Waals surface area (Å²) < 4.78 is 7.47. The predicted octanol–water partition coefficient (Wildman–Crippen LogP) is 3.57. The topological polar surface area (TPSA) is 39.1 Å². The zero-order chi connectivity index (χ0) is 13.7. The first-order valence-electron chi connectivity index (χ1n) is 6.40. The number of benzene rings is 1. The molecule has 1 heterocycles. The van der Waals surface area contributed by atoms with Crippen molar-refractivity contribution in [3.05, 3.63) is 41.2 Å². The van der Waals surface area contributed by atoms with E-state index < -0.39 is 0 Å². The van der Waals surface area contributed by atoms with Gasteiger partial charge < -0.3 is 10.1 Å². The Bertz CT molecular complexity index is 539. The lowest BCUT2D eigenvalue weighted by atomic mass is 10.2. The van der Waals surface area contributed by atoms with Crippen molar-refractivity contribution in [3.8, 4) is 5.75 Å². The van der Waals surface area contributed by atoms with Crippen LogP contribution in [-0.4, -0.2) is 16.4 Å². The standard InChI is InChI=1S/C14H18ClN3O/c1-3-18-10-11(9-17-18)8-16-13-7-12(15)5-6-14(13)19-4-2/h5-7,9-10,16H,3-4,8H2,1-2H3. The molecule has 0 aliphatic rings. The van der Waals surface area contributed by atoms with Gasteiger partial charge >= 0.3 is 0 Å². The summed E-state index contributed by atoms with van der Waals surface area (Å²) in [7, 11) is 0. The smallest absolute Gasteiger partial charge is 0.142 e. The van der Waals surface area contributed by atoms with Crippen LogP contribution in [0.5, 0.6) is 5.75 Å². The molecule has 4 nitrogen and oxygen atoms in total. The van der Waals surface area contributed by atoms with Gasteiger partial charge in [-0.15, -0.1) is 0 Å². The van der Waals surface area contributed by atoms with Crippen molar-refractivity contribution in [3.63, 3.8) is 0 Å². The molecular weight excluding hydrogens is 262 g/mol. The minimum Gasteiger partial charge on any atom is -0.492 e. The number of nitrogens with one attached hydrogen (secondary N) is 1. The Morgan fingerprint density at radius 2 is 2.21 bits per heavy atom. The first-order valence-corrected chi connectivity index (χ1v) is 6.78. The Labute approximate surface area is 118 Å². The third kappa shape index (κ3) is 3.64. The van der Waals surface area contributed by atoms with Crippen LogP contribution in [0.4, 0.5) is 5.69 Å². The molecule has 2 rings (SSSR count). The number of ether oxygens (including phenoxy) is 1. The zero-order valence-corrected chi connectivity index (χ0v) is 11.9. The van der Waals surface area contributed by atoms with E-state index in [1.54, 1.807) is 0 Å². The van der Waals surface area contributed by atoms with Gasteiger partial charge in [0.1, 0.15) is 5.75 Å². The maximum Gasteiger partial charge on any atom is 0.142 e. The van der Waals surface area contributed by atoms with E-state index in [0.717, 1.165) is 23.5 Å². The fourth-order valence-electron chi connectivity index (χ4n) is 1.79. The Kier molecular flexibility index (Phi) is 4.68. The van der Waals surface area contributed by atoms with Gasteiger partial charge in [0.2, 0.25) is 0 Å². The van der Waals surface area contributed by atoms with Gasteiger partial charge in [-0.3, -0.25) is 4.68 Å². The second kappa shape index (κ2) is 6.48. The van der Waals surface area contributed by atoms with E-state index in [2.05, 4.69) is 17.3 Å². The molecule has 0 fully saturated rings. The molecule has 2 aromatic rings. The molecule has 0 amide bonds. The monoisotopic (exact) mass is 279 g/mol. The van der Waals surface area contributed by atoms with Crippen molar-refractivity contribution in [2.75, 3.05) is 11.9 Å². The molecule has 0 aliphatic carbocycles. The quantitative estimate of drug-likeness (QED) is 0.879. The van der Waals surface area contributed by atoms with E-state index >= 15 is 0 Å². The average molecular weight is 280 g/mol. The van der Waals surface area contributed by atoms with Crippen LogP contribution in [-0.2, 0) is 13.1 Å². The lowest BCUT2D eigenvalue weighted by Crippen LogP contribution is -2.02. The van der Waals surface area contributed by atoms with Gasteiger partial charge in [-0.2, -0.15) is 5.10 Å². The van der Waals surface area contributed by atoms with Gasteiger partial charge in [-0.25, -0.2) is 0 Å². The molecular formula is C14H18ClN3O. The number of hydrogen-bond donors (Lipinski definition) is 1. The summed E-state index contributed by atoms with van der Waals surface area (Å²) in [5.74, 6) is 0.815. The molecule has 0 unspecified atom stereocenters. The van der Waals surface area contributed by atoms with Crippen molar-refractivity contribution >= 4 is 17.3 Å². The highest BCUT2D eigenvalue weighted by atomic mass is 35.5. The Morgan fingerprint density at radius 3 is 2.89 bits per heavy atom. The second-order valence-electron chi connectivity index (χ2n) is 4.13. The van der Waals surface area contributed by atoms with Crippen LogP contribution < -0.4 is 10.1 Å². The largest absolute Gasteiger partial charge is 0.492 e. The highest BCUT2D eigenvalue weighted by Gasteiger charge is 2.05. The first kappa shape index (κ1) is 13.7. The van der Waals surface area contributed by atoms with Crippen LogP contribution in [0.2, 0.25) is 5.02 Å². The van der Waals surface area contributed by atoms with E-state index in [4.69, 9.17) is 16.3 Å². The molecule has 1 N–H and O–H groups in total. The Balaban J connectivity index is 2.07. The number of hydrogen-bond acceptors (Lipinski definition) is 3. The Hall–Kier alpha value is -1.68. The lowest BCUT2D eigenvalue weighted by Gasteiger charge is -2.12. The van der Waals surface area contributed by atoms with Gasteiger partial charge in [0.25, 0.3) is 0 Å². The molecule has 0 aliphatic heterocycles. The van der Waals surface area contributed by atoms with E-state index in [-0.39, 0.29) is 0 Å². The zero-order valence-electron chi connectivity index (χ0n) is 11.2. The summed E-state index contributed by atoms with van der Waals surface area (Å²) in [6.07, 6.45) is 3.89. The number of halogens is 1. The third-order valence-electron chi connectivity index (χ3n) is 2.74. The van der Waals surface area contributed by atoms with E-state index in [9.17, 15) is 0 Å². The van der Waals surface area contributed by atoms with E-state index in [1.165, 1.54) is 0 Å². The summed E-state index contributed by atoms with van der Waals surface area (Å²) in [5, 5.41) is 8.26. The molecule has 0 bridgehead atoms. The normalized spacial score (nSPS) is 10.5. The fraction of sp³-hybridized carbons (Fsp3) is 0.357. The molecule has 1 aromatic carbocycles. The summed E-state index contributed by atoms with van der Waals surface area (Å²) in [6, 6.07) is 5.58. The highest BCUT2D eigenvalue weighted by Crippen LogP contribution is 2.28. The maximum absolute atomic E-state index is 6.01. The predicted molar refractivity (Wildman–Crippen MR) is 77.8 cm³/mol. The second-order valence-corrected chi connectivity index (χ2v) is 4.57. The molecule has 5 heteroatoms. The van der Waals surface area contributed by atoms with Gasteiger partial charge in [-0.1, -0.05) is 11.6 Å². The molecule has 0 radical (unpaired) electrons. The van der Waals surface area contributed by atoms with Crippen LogP contribution in [0.15, 0.2) is 30.6 Å². The minimum absolute atomic E-state index is 0.629. The molecule has 19 heavy (non-hydrogen) atoms. The van der Waals surface area contributed by atoms with Gasteiger partial charge in [0.05, 0.1) is 18.5 Å². The van der Waals surface area contributed by atoms with Crippen LogP contribution in [0, 0.1) is 0 Å². The van der Waals surface area contributed by atoms with Crippen molar-refractivity contribution in [2.45, 2.75) is 26.9 Å². The van der Waals surface area contributed by atoms with Crippen molar-refractivity contribution in [1.82, 2.24) is 9.78 Å². The van der Waals surface area contributed by atoms with Gasteiger partial charge in [0.15, 0.2) is 0 Å². The third-order valence-corrected chi connectivity index (χ3v) is 2.97. The lowest BCUT2D eigenvalue weighted by molar-refractivity contribution is 0.341. The number of anilines is 1. The van der Waals surface area contributed by atoms with Crippen LogP contribution in [0.3, 0.4) is 0 Å². The van der Waals surface area contributed by atoms with E-state index in [1.807, 2.05) is 42.2 Å². The number of aryl methyl sites for hydroxylation is 1. The molecule has 0 saturated carbocycles.